The number of hydrogen-bond donors (Lipinski definition) is 0. The molecule has 94 valence electrons. The van der Waals surface area contributed by atoms with Crippen LogP contribution in [0.1, 0.15) is 24.8 Å². The maximum atomic E-state index is 12.0. The minimum atomic E-state index is -0.0314. The fraction of sp³-hybridized carbons (Fsp3) is 0.438. The van der Waals surface area contributed by atoms with Crippen molar-refractivity contribution >= 4 is 5.97 Å². The van der Waals surface area contributed by atoms with E-state index in [1.54, 1.807) is 0 Å². The van der Waals surface area contributed by atoms with Crippen LogP contribution in [0.2, 0.25) is 0 Å². The first-order valence-electron chi connectivity index (χ1n) is 6.70. The Kier molecular flexibility index (Phi) is 3.18. The molecule has 0 saturated heterocycles. The van der Waals surface area contributed by atoms with Crippen LogP contribution in [0.3, 0.4) is 0 Å². The molecule has 3 atom stereocenters. The molecule has 0 radical (unpaired) electrons. The molecule has 2 aliphatic carbocycles. The summed E-state index contributed by atoms with van der Waals surface area (Å²) in [5.74, 6) is 1.52. The van der Waals surface area contributed by atoms with E-state index in [-0.39, 0.29) is 11.9 Å². The minimum absolute atomic E-state index is 0.0314. The van der Waals surface area contributed by atoms with Crippen LogP contribution in [0.25, 0.3) is 0 Å². The van der Waals surface area contributed by atoms with Crippen molar-refractivity contribution in [1.29, 1.82) is 0 Å². The zero-order chi connectivity index (χ0) is 12.4. The number of ether oxygens (including phenoxy) is 1. The standard InChI is InChI=1S/C16H18O2/c17-16(18-11-12-5-2-1-3-6-12)14-8-4-7-13-9-15(13)10-14/h1-7,13-15H,8-11H2. The lowest BCUT2D eigenvalue weighted by molar-refractivity contribution is -0.150. The monoisotopic (exact) mass is 242 g/mol. The number of allylic oxidation sites excluding steroid dienone is 2. The van der Waals surface area contributed by atoms with Gasteiger partial charge in [-0.25, -0.2) is 0 Å². The predicted molar refractivity (Wildman–Crippen MR) is 69.7 cm³/mol. The third kappa shape index (κ3) is 2.63. The molecule has 1 aromatic rings. The van der Waals surface area contributed by atoms with E-state index in [1.165, 1.54) is 6.42 Å². The molecule has 2 nitrogen and oxygen atoms in total. The van der Waals surface area contributed by atoms with E-state index in [0.29, 0.717) is 6.61 Å². The lowest BCUT2D eigenvalue weighted by Crippen LogP contribution is -2.17. The largest absolute Gasteiger partial charge is 0.461 e. The van der Waals surface area contributed by atoms with Gasteiger partial charge in [-0.2, -0.15) is 0 Å². The second kappa shape index (κ2) is 4.97. The highest BCUT2D eigenvalue weighted by Gasteiger charge is 2.39. The molecule has 0 spiro atoms. The first kappa shape index (κ1) is 11.5. The number of esters is 1. The zero-order valence-corrected chi connectivity index (χ0v) is 10.4. The molecule has 0 bridgehead atoms. The van der Waals surface area contributed by atoms with E-state index in [9.17, 15) is 4.79 Å². The van der Waals surface area contributed by atoms with Gasteiger partial charge in [-0.1, -0.05) is 42.5 Å². The zero-order valence-electron chi connectivity index (χ0n) is 10.4. The summed E-state index contributed by atoms with van der Waals surface area (Å²) in [6.45, 7) is 0.397. The molecule has 0 N–H and O–H groups in total. The number of hydrogen-bond acceptors (Lipinski definition) is 2. The summed E-state index contributed by atoms with van der Waals surface area (Å²) >= 11 is 0. The van der Waals surface area contributed by atoms with Gasteiger partial charge < -0.3 is 4.74 Å². The molecule has 1 saturated carbocycles. The van der Waals surface area contributed by atoms with Crippen LogP contribution in [0.15, 0.2) is 42.5 Å². The third-order valence-corrected chi connectivity index (χ3v) is 3.93. The van der Waals surface area contributed by atoms with Crippen LogP contribution >= 0.6 is 0 Å². The average molecular weight is 242 g/mol. The molecule has 3 unspecified atom stereocenters. The second-order valence-corrected chi connectivity index (χ2v) is 5.35. The predicted octanol–water partition coefficient (Wildman–Crippen LogP) is 3.33. The normalized spacial score (nSPS) is 29.2. The summed E-state index contributed by atoms with van der Waals surface area (Å²) in [5.41, 5.74) is 1.05. The Balaban J connectivity index is 1.53. The summed E-state index contributed by atoms with van der Waals surface area (Å²) in [5, 5.41) is 0. The van der Waals surface area contributed by atoms with Crippen LogP contribution in [-0.2, 0) is 16.1 Å². The molecule has 0 heterocycles. The molecular weight excluding hydrogens is 224 g/mol. The SMILES string of the molecule is O=C(OCc1ccccc1)C1CC=CC2CC2C1. The van der Waals surface area contributed by atoms with E-state index >= 15 is 0 Å². The Morgan fingerprint density at radius 3 is 2.89 bits per heavy atom. The summed E-state index contributed by atoms with van der Waals surface area (Å²) < 4.78 is 5.42. The van der Waals surface area contributed by atoms with Gasteiger partial charge in [0.1, 0.15) is 6.61 Å². The summed E-state index contributed by atoms with van der Waals surface area (Å²) in [7, 11) is 0. The topological polar surface area (TPSA) is 26.3 Å². The summed E-state index contributed by atoms with van der Waals surface area (Å²) in [6.07, 6.45) is 7.55. The van der Waals surface area contributed by atoms with Crippen molar-refractivity contribution in [2.75, 3.05) is 0 Å². The van der Waals surface area contributed by atoms with Crippen molar-refractivity contribution in [3.63, 3.8) is 0 Å². The van der Waals surface area contributed by atoms with Crippen molar-refractivity contribution in [2.24, 2.45) is 17.8 Å². The molecule has 0 amide bonds. The van der Waals surface area contributed by atoms with E-state index in [0.717, 1.165) is 30.2 Å². The molecule has 0 aliphatic heterocycles. The van der Waals surface area contributed by atoms with Crippen LogP contribution in [-0.4, -0.2) is 5.97 Å². The van der Waals surface area contributed by atoms with Gasteiger partial charge >= 0.3 is 5.97 Å². The van der Waals surface area contributed by atoms with Gasteiger partial charge in [0, 0.05) is 0 Å². The second-order valence-electron chi connectivity index (χ2n) is 5.35. The first-order valence-corrected chi connectivity index (χ1v) is 6.70. The van der Waals surface area contributed by atoms with Gasteiger partial charge in [-0.3, -0.25) is 4.79 Å². The van der Waals surface area contributed by atoms with Crippen LogP contribution in [0.4, 0.5) is 0 Å². The lowest BCUT2D eigenvalue weighted by Gasteiger charge is -2.13. The molecular formula is C16H18O2. The smallest absolute Gasteiger partial charge is 0.309 e. The number of rotatable bonds is 3. The highest BCUT2D eigenvalue weighted by atomic mass is 16.5. The van der Waals surface area contributed by atoms with Gasteiger partial charge in [0.25, 0.3) is 0 Å². The fourth-order valence-corrected chi connectivity index (χ4v) is 2.70. The van der Waals surface area contributed by atoms with Crippen molar-refractivity contribution in [1.82, 2.24) is 0 Å². The molecule has 1 aromatic carbocycles. The van der Waals surface area contributed by atoms with Gasteiger partial charge in [0.2, 0.25) is 0 Å². The maximum absolute atomic E-state index is 12.0. The highest BCUT2D eigenvalue weighted by Crippen LogP contribution is 2.46. The Hall–Kier alpha value is -1.57. The van der Waals surface area contributed by atoms with Crippen LogP contribution in [0, 0.1) is 17.8 Å². The molecule has 18 heavy (non-hydrogen) atoms. The first-order chi connectivity index (χ1) is 8.83. The number of carbonyl (C=O) groups excluding carboxylic acids is 1. The van der Waals surface area contributed by atoms with Crippen molar-refractivity contribution < 1.29 is 9.53 Å². The number of benzene rings is 1. The Labute approximate surface area is 108 Å². The minimum Gasteiger partial charge on any atom is -0.461 e. The summed E-state index contributed by atoms with van der Waals surface area (Å²) in [4.78, 5) is 12.0. The van der Waals surface area contributed by atoms with E-state index in [4.69, 9.17) is 4.74 Å². The van der Waals surface area contributed by atoms with Crippen LogP contribution < -0.4 is 0 Å². The summed E-state index contributed by atoms with van der Waals surface area (Å²) in [6, 6.07) is 9.86. The Bertz CT molecular complexity index is 449. The Morgan fingerprint density at radius 2 is 2.06 bits per heavy atom. The molecule has 1 fully saturated rings. The van der Waals surface area contributed by atoms with E-state index < -0.39 is 0 Å². The number of fused-ring (bicyclic) bond motifs is 1. The van der Waals surface area contributed by atoms with Gasteiger partial charge in [0.15, 0.2) is 0 Å². The average Bonchev–Trinajstić information content (AvgIpc) is 3.14. The molecule has 0 aromatic heterocycles. The van der Waals surface area contributed by atoms with Gasteiger partial charge in [-0.05, 0) is 36.7 Å². The molecule has 2 heteroatoms. The van der Waals surface area contributed by atoms with E-state index in [2.05, 4.69) is 12.2 Å². The van der Waals surface area contributed by atoms with Crippen molar-refractivity contribution in [2.45, 2.75) is 25.9 Å². The lowest BCUT2D eigenvalue weighted by atomic mass is 10.00. The van der Waals surface area contributed by atoms with E-state index in [1.807, 2.05) is 30.3 Å². The van der Waals surface area contributed by atoms with Gasteiger partial charge in [0.05, 0.1) is 5.92 Å². The molecule has 2 aliphatic rings. The Morgan fingerprint density at radius 1 is 1.22 bits per heavy atom. The van der Waals surface area contributed by atoms with Crippen molar-refractivity contribution in [3.8, 4) is 0 Å². The van der Waals surface area contributed by atoms with Gasteiger partial charge in [-0.15, -0.1) is 0 Å². The van der Waals surface area contributed by atoms with Crippen LogP contribution in [0.5, 0.6) is 0 Å². The quantitative estimate of drug-likeness (QED) is 0.600. The van der Waals surface area contributed by atoms with Crippen molar-refractivity contribution in [3.05, 3.63) is 48.0 Å². The highest BCUT2D eigenvalue weighted by molar-refractivity contribution is 5.72. The third-order valence-electron chi connectivity index (χ3n) is 3.93. The maximum Gasteiger partial charge on any atom is 0.309 e. The fourth-order valence-electron chi connectivity index (χ4n) is 2.70. The molecule has 3 rings (SSSR count). The number of carbonyl (C=O) groups is 1.